The van der Waals surface area contributed by atoms with E-state index in [0.717, 1.165) is 34.9 Å². The Morgan fingerprint density at radius 2 is 2.00 bits per heavy atom. The van der Waals surface area contributed by atoms with E-state index in [9.17, 15) is 0 Å². The molecule has 0 amide bonds. The summed E-state index contributed by atoms with van der Waals surface area (Å²) in [6, 6.07) is 1.97. The molecule has 4 nitrogen and oxygen atoms in total. The van der Waals surface area contributed by atoms with Gasteiger partial charge in [0.2, 0.25) is 0 Å². The van der Waals surface area contributed by atoms with Crippen molar-refractivity contribution >= 4 is 5.82 Å². The summed E-state index contributed by atoms with van der Waals surface area (Å²) in [6.07, 6.45) is 4.59. The van der Waals surface area contributed by atoms with Crippen LogP contribution in [0, 0.1) is 13.8 Å². The van der Waals surface area contributed by atoms with E-state index in [-0.39, 0.29) is 0 Å². The standard InChI is InChI=1S/C14H18N4/c1-5-11-8-16-7-6-12(11)14-17-10(3)9(2)13(15-4)18-14/h6-8H,5H2,1-4H3,(H,15,17,18). The lowest BCUT2D eigenvalue weighted by Crippen LogP contribution is -2.04. The Hall–Kier alpha value is -1.97. The predicted octanol–water partition coefficient (Wildman–Crippen LogP) is 2.76. The molecule has 2 rings (SSSR count). The molecule has 2 aromatic heterocycles. The highest BCUT2D eigenvalue weighted by atomic mass is 15.0. The molecule has 4 heteroatoms. The molecule has 0 fully saturated rings. The largest absolute Gasteiger partial charge is 0.373 e. The Balaban J connectivity index is 2.61. The molecule has 0 aliphatic rings. The van der Waals surface area contributed by atoms with Crippen LogP contribution < -0.4 is 5.32 Å². The summed E-state index contributed by atoms with van der Waals surface area (Å²) in [6.45, 7) is 6.15. The van der Waals surface area contributed by atoms with E-state index in [4.69, 9.17) is 0 Å². The first-order valence-corrected chi connectivity index (χ1v) is 6.13. The number of hydrogen-bond acceptors (Lipinski definition) is 4. The van der Waals surface area contributed by atoms with Crippen molar-refractivity contribution in [1.82, 2.24) is 15.0 Å². The summed E-state index contributed by atoms with van der Waals surface area (Å²) >= 11 is 0. The average Bonchev–Trinajstić information content (AvgIpc) is 2.41. The molecule has 0 atom stereocenters. The van der Waals surface area contributed by atoms with Gasteiger partial charge in [-0.3, -0.25) is 4.98 Å². The molecule has 0 bridgehead atoms. The van der Waals surface area contributed by atoms with Gasteiger partial charge in [-0.2, -0.15) is 0 Å². The zero-order valence-electron chi connectivity index (χ0n) is 11.3. The number of rotatable bonds is 3. The van der Waals surface area contributed by atoms with Crippen LogP contribution in [-0.2, 0) is 6.42 Å². The second kappa shape index (κ2) is 5.12. The van der Waals surface area contributed by atoms with Crippen LogP contribution in [0.15, 0.2) is 18.5 Å². The van der Waals surface area contributed by atoms with Gasteiger partial charge in [0.15, 0.2) is 5.82 Å². The van der Waals surface area contributed by atoms with E-state index < -0.39 is 0 Å². The van der Waals surface area contributed by atoms with Crippen LogP contribution in [0.2, 0.25) is 0 Å². The summed E-state index contributed by atoms with van der Waals surface area (Å²) in [4.78, 5) is 13.3. The van der Waals surface area contributed by atoms with E-state index in [1.165, 1.54) is 5.56 Å². The second-order valence-electron chi connectivity index (χ2n) is 4.24. The SMILES string of the molecule is CCc1cnccc1-c1nc(C)c(C)c(NC)n1. The van der Waals surface area contributed by atoms with Crippen molar-refractivity contribution in [3.63, 3.8) is 0 Å². The fourth-order valence-corrected chi connectivity index (χ4v) is 1.92. The number of pyridine rings is 1. The smallest absolute Gasteiger partial charge is 0.162 e. The first-order chi connectivity index (χ1) is 8.67. The molecule has 18 heavy (non-hydrogen) atoms. The highest BCUT2D eigenvalue weighted by Crippen LogP contribution is 2.23. The van der Waals surface area contributed by atoms with E-state index in [1.54, 1.807) is 6.20 Å². The van der Waals surface area contributed by atoms with Gasteiger partial charge in [0.25, 0.3) is 0 Å². The van der Waals surface area contributed by atoms with Crippen molar-refractivity contribution in [1.29, 1.82) is 0 Å². The quantitative estimate of drug-likeness (QED) is 0.899. The van der Waals surface area contributed by atoms with E-state index >= 15 is 0 Å². The average molecular weight is 242 g/mol. The third-order valence-corrected chi connectivity index (χ3v) is 3.15. The molecule has 2 heterocycles. The summed E-state index contributed by atoms with van der Waals surface area (Å²) in [7, 11) is 1.88. The van der Waals surface area contributed by atoms with Crippen LogP contribution in [0.4, 0.5) is 5.82 Å². The minimum absolute atomic E-state index is 0.765. The van der Waals surface area contributed by atoms with Gasteiger partial charge in [0.05, 0.1) is 0 Å². The Morgan fingerprint density at radius 3 is 2.67 bits per heavy atom. The Bertz CT molecular complexity index is 564. The van der Waals surface area contributed by atoms with Crippen LogP contribution in [0.25, 0.3) is 11.4 Å². The third-order valence-electron chi connectivity index (χ3n) is 3.15. The zero-order valence-corrected chi connectivity index (χ0v) is 11.3. The summed E-state index contributed by atoms with van der Waals surface area (Å²) in [5.41, 5.74) is 4.33. The van der Waals surface area contributed by atoms with Crippen LogP contribution in [0.5, 0.6) is 0 Å². The number of aromatic nitrogens is 3. The zero-order chi connectivity index (χ0) is 13.1. The number of aryl methyl sites for hydroxylation is 2. The van der Waals surface area contributed by atoms with Crippen LogP contribution in [0.3, 0.4) is 0 Å². The molecule has 94 valence electrons. The first kappa shape index (κ1) is 12.5. The fourth-order valence-electron chi connectivity index (χ4n) is 1.92. The third kappa shape index (κ3) is 2.18. The van der Waals surface area contributed by atoms with Crippen molar-refractivity contribution in [3.8, 4) is 11.4 Å². The van der Waals surface area contributed by atoms with E-state index in [2.05, 4.69) is 27.2 Å². The molecule has 0 saturated carbocycles. The van der Waals surface area contributed by atoms with Gasteiger partial charge in [-0.1, -0.05) is 6.92 Å². The highest BCUT2D eigenvalue weighted by Gasteiger charge is 2.11. The van der Waals surface area contributed by atoms with Crippen molar-refractivity contribution in [2.45, 2.75) is 27.2 Å². The Labute approximate surface area is 108 Å². The summed E-state index contributed by atoms with van der Waals surface area (Å²) < 4.78 is 0. The van der Waals surface area contributed by atoms with Gasteiger partial charge >= 0.3 is 0 Å². The molecule has 0 aliphatic carbocycles. The second-order valence-corrected chi connectivity index (χ2v) is 4.24. The van der Waals surface area contributed by atoms with Crippen molar-refractivity contribution in [2.24, 2.45) is 0 Å². The minimum Gasteiger partial charge on any atom is -0.373 e. The normalized spacial score (nSPS) is 10.4. The molecule has 0 unspecified atom stereocenters. The van der Waals surface area contributed by atoms with E-state index in [1.807, 2.05) is 33.2 Å². The molecular formula is C14H18N4. The number of hydrogen-bond donors (Lipinski definition) is 1. The number of anilines is 1. The lowest BCUT2D eigenvalue weighted by molar-refractivity contribution is 1.04. The van der Waals surface area contributed by atoms with Crippen molar-refractivity contribution in [2.75, 3.05) is 12.4 Å². The van der Waals surface area contributed by atoms with Crippen LogP contribution in [0.1, 0.15) is 23.7 Å². The maximum atomic E-state index is 4.58. The van der Waals surface area contributed by atoms with Gasteiger partial charge < -0.3 is 5.32 Å². The molecule has 1 N–H and O–H groups in total. The Kier molecular flexibility index (Phi) is 3.55. The predicted molar refractivity (Wildman–Crippen MR) is 73.7 cm³/mol. The topological polar surface area (TPSA) is 50.7 Å². The molecule has 0 aromatic carbocycles. The minimum atomic E-state index is 0.765. The summed E-state index contributed by atoms with van der Waals surface area (Å²) in [5.74, 6) is 1.65. The van der Waals surface area contributed by atoms with Crippen LogP contribution in [-0.4, -0.2) is 22.0 Å². The highest BCUT2D eigenvalue weighted by molar-refractivity contribution is 5.62. The molecule has 0 spiro atoms. The first-order valence-electron chi connectivity index (χ1n) is 6.13. The van der Waals surface area contributed by atoms with E-state index in [0.29, 0.717) is 0 Å². The van der Waals surface area contributed by atoms with Gasteiger partial charge in [0.1, 0.15) is 5.82 Å². The lowest BCUT2D eigenvalue weighted by Gasteiger charge is -2.11. The Morgan fingerprint density at radius 1 is 1.22 bits per heavy atom. The van der Waals surface area contributed by atoms with Crippen LogP contribution >= 0.6 is 0 Å². The lowest BCUT2D eigenvalue weighted by atomic mass is 10.1. The van der Waals surface area contributed by atoms with Gasteiger partial charge in [-0.25, -0.2) is 9.97 Å². The molecule has 0 radical (unpaired) electrons. The number of nitrogens with one attached hydrogen (secondary N) is 1. The van der Waals surface area contributed by atoms with Gasteiger partial charge in [-0.15, -0.1) is 0 Å². The number of nitrogens with zero attached hydrogens (tertiary/aromatic N) is 3. The molecule has 2 aromatic rings. The van der Waals surface area contributed by atoms with Crippen molar-refractivity contribution in [3.05, 3.63) is 35.3 Å². The van der Waals surface area contributed by atoms with Crippen molar-refractivity contribution < 1.29 is 0 Å². The maximum absolute atomic E-state index is 4.58. The monoisotopic (exact) mass is 242 g/mol. The summed E-state index contributed by atoms with van der Waals surface area (Å²) in [5, 5.41) is 3.12. The fraction of sp³-hybridized carbons (Fsp3) is 0.357. The molecule has 0 aliphatic heterocycles. The molecular weight excluding hydrogens is 224 g/mol. The van der Waals surface area contributed by atoms with Gasteiger partial charge in [-0.05, 0) is 31.9 Å². The maximum Gasteiger partial charge on any atom is 0.162 e. The molecule has 0 saturated heterocycles. The van der Waals surface area contributed by atoms with Gasteiger partial charge in [0, 0.05) is 36.3 Å².